The van der Waals surface area contributed by atoms with Gasteiger partial charge in [-0.25, -0.2) is 18.9 Å². The Balaban J connectivity index is 1.61. The first-order valence-corrected chi connectivity index (χ1v) is 12.0. The number of aromatic nitrogens is 3. The summed E-state index contributed by atoms with van der Waals surface area (Å²) in [6.45, 7) is 0.0700. The summed E-state index contributed by atoms with van der Waals surface area (Å²) in [6, 6.07) is 3.30. The molecule has 2 atom stereocenters. The monoisotopic (exact) mass is 528 g/mol. The van der Waals surface area contributed by atoms with Crippen molar-refractivity contribution in [3.63, 3.8) is 0 Å². The van der Waals surface area contributed by atoms with Crippen LogP contribution >= 0.6 is 23.4 Å². The minimum atomic E-state index is -0.769. The first kappa shape index (κ1) is 23.9. The van der Waals surface area contributed by atoms with Crippen LogP contribution in [-0.4, -0.2) is 56.3 Å². The molecule has 36 heavy (non-hydrogen) atoms. The summed E-state index contributed by atoms with van der Waals surface area (Å²) in [4.78, 5) is 49.4. The fourth-order valence-electron chi connectivity index (χ4n) is 4.43. The van der Waals surface area contributed by atoms with Crippen molar-refractivity contribution in [1.29, 1.82) is 5.26 Å². The van der Waals surface area contributed by atoms with E-state index in [-0.39, 0.29) is 29.4 Å². The number of aromatic amines is 1. The number of urea groups is 1. The van der Waals surface area contributed by atoms with Crippen LogP contribution in [0.4, 0.5) is 14.9 Å². The van der Waals surface area contributed by atoms with Crippen LogP contribution in [0.15, 0.2) is 35.4 Å². The smallest absolute Gasteiger partial charge is 0.332 e. The summed E-state index contributed by atoms with van der Waals surface area (Å²) in [5.41, 5.74) is 0.902. The molecule has 13 heteroatoms. The summed E-state index contributed by atoms with van der Waals surface area (Å²) in [7, 11) is 2.85. The number of carbonyl (C=O) groups excluding carboxylic acids is 2. The van der Waals surface area contributed by atoms with Crippen molar-refractivity contribution in [2.75, 3.05) is 18.6 Å². The van der Waals surface area contributed by atoms with E-state index in [1.165, 1.54) is 53.8 Å². The fraction of sp³-hybridized carbons (Fsp3) is 0.261. The highest BCUT2D eigenvalue weighted by Crippen LogP contribution is 2.48. The molecule has 0 saturated carbocycles. The highest BCUT2D eigenvalue weighted by molar-refractivity contribution is 8.09. The molecule has 0 aliphatic carbocycles. The molecule has 10 nitrogen and oxygen atoms in total. The number of fused-ring (bicyclic) bond motifs is 2. The number of H-pyrrole nitrogens is 1. The molecule has 2 aliphatic rings. The zero-order chi connectivity index (χ0) is 25.7. The lowest BCUT2D eigenvalue weighted by Crippen LogP contribution is -2.62. The summed E-state index contributed by atoms with van der Waals surface area (Å²) >= 11 is 7.50. The van der Waals surface area contributed by atoms with Crippen molar-refractivity contribution in [3.05, 3.63) is 57.5 Å². The number of amides is 3. The van der Waals surface area contributed by atoms with E-state index in [9.17, 15) is 24.0 Å². The second-order valence-electron chi connectivity index (χ2n) is 8.13. The van der Waals surface area contributed by atoms with Gasteiger partial charge in [-0.05, 0) is 18.2 Å². The summed E-state index contributed by atoms with van der Waals surface area (Å²) in [5, 5.41) is 8.54. The molecular weight excluding hydrogens is 511 g/mol. The molecule has 2 aliphatic heterocycles. The topological polar surface area (TPSA) is 124 Å². The number of halogens is 2. The van der Waals surface area contributed by atoms with E-state index >= 15 is 0 Å². The number of pyridine rings is 1. The Bertz CT molecular complexity index is 1560. The van der Waals surface area contributed by atoms with Crippen molar-refractivity contribution in [1.82, 2.24) is 19.4 Å². The third-order valence-electron chi connectivity index (χ3n) is 6.14. The molecule has 0 radical (unpaired) electrons. The SMILES string of the molecule is COc1cc(C2=CC3C(S2)C(=O)N(c2cncc4[nH]c(=O)n(C)c24)C(=O)N3CCC#N)c(Cl)cc1F. The average Bonchev–Trinajstić information content (AvgIpc) is 3.41. The maximum absolute atomic E-state index is 14.1. The average molecular weight is 529 g/mol. The Labute approximate surface area is 212 Å². The maximum atomic E-state index is 14.1. The number of benzene rings is 1. The van der Waals surface area contributed by atoms with Crippen LogP contribution in [-0.2, 0) is 11.8 Å². The van der Waals surface area contributed by atoms with E-state index in [1.54, 1.807) is 6.08 Å². The predicted molar refractivity (Wildman–Crippen MR) is 132 cm³/mol. The number of imidazole rings is 1. The van der Waals surface area contributed by atoms with E-state index in [0.717, 1.165) is 11.0 Å². The molecule has 5 rings (SSSR count). The molecule has 1 fully saturated rings. The van der Waals surface area contributed by atoms with Crippen LogP contribution in [0.1, 0.15) is 12.0 Å². The van der Waals surface area contributed by atoms with E-state index < -0.39 is 34.7 Å². The normalized spacial score (nSPS) is 19.5. The second-order valence-corrected chi connectivity index (χ2v) is 9.72. The number of carbonyl (C=O) groups is 2. The number of hydrogen-bond donors (Lipinski definition) is 1. The summed E-state index contributed by atoms with van der Waals surface area (Å²) in [6.07, 6.45) is 4.55. The standard InChI is InChI=1S/C23H18ClFN6O4S/c1-29-19-14(28-22(29)33)9-27-10-16(19)31-21(32)20-15(30(23(31)34)5-3-4-26)8-18(36-20)11-6-17(35-2)13(25)7-12(11)24/h6-10,15,20H,3,5H2,1-2H3,(H,28,33). The molecule has 1 saturated heterocycles. The predicted octanol–water partition coefficient (Wildman–Crippen LogP) is 3.27. The molecule has 1 N–H and O–H groups in total. The number of hydrogen-bond acceptors (Lipinski definition) is 7. The Morgan fingerprint density at radius 3 is 2.81 bits per heavy atom. The van der Waals surface area contributed by atoms with E-state index in [1.807, 2.05) is 6.07 Å². The molecule has 2 aromatic heterocycles. The van der Waals surface area contributed by atoms with Crippen LogP contribution < -0.4 is 15.3 Å². The minimum Gasteiger partial charge on any atom is -0.494 e. The fourth-order valence-corrected chi connectivity index (χ4v) is 6.10. The van der Waals surface area contributed by atoms with Gasteiger partial charge in [0.15, 0.2) is 11.6 Å². The number of rotatable bonds is 5. The molecule has 2 unspecified atom stereocenters. The van der Waals surface area contributed by atoms with E-state index in [4.69, 9.17) is 16.3 Å². The van der Waals surface area contributed by atoms with Crippen LogP contribution in [0.5, 0.6) is 5.75 Å². The number of nitrogens with one attached hydrogen (secondary N) is 1. The van der Waals surface area contributed by atoms with Gasteiger partial charge in [-0.2, -0.15) is 5.26 Å². The van der Waals surface area contributed by atoms with Crippen molar-refractivity contribution in [3.8, 4) is 11.8 Å². The van der Waals surface area contributed by atoms with Gasteiger partial charge in [-0.1, -0.05) is 11.6 Å². The van der Waals surface area contributed by atoms with E-state index in [2.05, 4.69) is 9.97 Å². The molecule has 4 heterocycles. The van der Waals surface area contributed by atoms with Crippen molar-refractivity contribution >= 4 is 56.9 Å². The lowest BCUT2D eigenvalue weighted by atomic mass is 10.0. The molecule has 0 spiro atoms. The zero-order valence-corrected chi connectivity index (χ0v) is 20.6. The number of nitriles is 1. The number of imide groups is 1. The third-order valence-corrected chi connectivity index (χ3v) is 7.80. The largest absolute Gasteiger partial charge is 0.494 e. The lowest BCUT2D eigenvalue weighted by molar-refractivity contribution is -0.119. The molecule has 1 aromatic carbocycles. The number of nitrogens with zero attached hydrogens (tertiary/aromatic N) is 5. The van der Waals surface area contributed by atoms with Gasteiger partial charge in [-0.15, -0.1) is 11.8 Å². The van der Waals surface area contributed by atoms with Crippen LogP contribution in [0.2, 0.25) is 5.02 Å². The number of anilines is 1. The third kappa shape index (κ3) is 3.63. The summed E-state index contributed by atoms with van der Waals surface area (Å²) in [5.74, 6) is -1.15. The van der Waals surface area contributed by atoms with Crippen LogP contribution in [0.3, 0.4) is 0 Å². The second kappa shape index (κ2) is 9.00. The highest BCUT2D eigenvalue weighted by atomic mass is 35.5. The van der Waals surface area contributed by atoms with Crippen molar-refractivity contribution < 1.29 is 18.7 Å². The molecule has 0 bridgehead atoms. The molecular formula is C23H18ClFN6O4S. The number of methoxy groups -OCH3 is 1. The minimum absolute atomic E-state index is 0.0118. The zero-order valence-electron chi connectivity index (χ0n) is 19.0. The van der Waals surface area contributed by atoms with Gasteiger partial charge in [0.2, 0.25) is 0 Å². The number of thioether (sulfide) groups is 1. The first-order valence-electron chi connectivity index (χ1n) is 10.7. The van der Waals surface area contributed by atoms with Gasteiger partial charge >= 0.3 is 11.7 Å². The Morgan fingerprint density at radius 2 is 2.08 bits per heavy atom. The van der Waals surface area contributed by atoms with Crippen LogP contribution in [0, 0.1) is 17.1 Å². The first-order chi connectivity index (χ1) is 17.3. The van der Waals surface area contributed by atoms with Crippen molar-refractivity contribution in [2.45, 2.75) is 17.7 Å². The highest BCUT2D eigenvalue weighted by Gasteiger charge is 2.50. The molecule has 184 valence electrons. The van der Waals surface area contributed by atoms with E-state index in [0.29, 0.717) is 21.5 Å². The molecule has 3 aromatic rings. The quantitative estimate of drug-likeness (QED) is 0.539. The maximum Gasteiger partial charge on any atom is 0.332 e. The van der Waals surface area contributed by atoms with Gasteiger partial charge in [0.05, 0.1) is 59.8 Å². The van der Waals surface area contributed by atoms with Crippen LogP contribution in [0.25, 0.3) is 15.9 Å². The lowest BCUT2D eigenvalue weighted by Gasteiger charge is -2.40. The van der Waals surface area contributed by atoms with Gasteiger partial charge in [-0.3, -0.25) is 14.3 Å². The Morgan fingerprint density at radius 1 is 1.31 bits per heavy atom. The molecule has 3 amide bonds. The number of ether oxygens (including phenoxy) is 1. The van der Waals surface area contributed by atoms with Crippen molar-refractivity contribution in [2.24, 2.45) is 7.05 Å². The number of aryl methyl sites for hydroxylation is 1. The van der Waals surface area contributed by atoms with Gasteiger partial charge < -0.3 is 14.6 Å². The Kier molecular flexibility index (Phi) is 5.97. The van der Waals surface area contributed by atoms with Gasteiger partial charge in [0, 0.05) is 24.1 Å². The summed E-state index contributed by atoms with van der Waals surface area (Å²) < 4.78 is 20.5. The van der Waals surface area contributed by atoms with Gasteiger partial charge in [0.25, 0.3) is 5.91 Å². The Hall–Kier alpha value is -3.82. The van der Waals surface area contributed by atoms with Gasteiger partial charge in [0.1, 0.15) is 5.25 Å².